The van der Waals surface area contributed by atoms with Gasteiger partial charge in [0.1, 0.15) is 5.78 Å². The lowest BCUT2D eigenvalue weighted by Crippen LogP contribution is -2.31. The van der Waals surface area contributed by atoms with Crippen molar-refractivity contribution in [3.05, 3.63) is 0 Å². The highest BCUT2D eigenvalue weighted by Crippen LogP contribution is 2.40. The molecular weight excluding hydrogens is 196 g/mol. The van der Waals surface area contributed by atoms with Crippen molar-refractivity contribution >= 4 is 5.78 Å². The van der Waals surface area contributed by atoms with E-state index in [-0.39, 0.29) is 0 Å². The van der Waals surface area contributed by atoms with Crippen LogP contribution in [-0.2, 0) is 4.79 Å². The van der Waals surface area contributed by atoms with Gasteiger partial charge >= 0.3 is 0 Å². The molecule has 0 aromatic rings. The summed E-state index contributed by atoms with van der Waals surface area (Å²) < 4.78 is 0. The minimum absolute atomic E-state index is 0.413. The van der Waals surface area contributed by atoms with Gasteiger partial charge in [0.15, 0.2) is 0 Å². The number of carbonyl (C=O) groups excluding carboxylic acids is 1. The van der Waals surface area contributed by atoms with E-state index in [0.717, 1.165) is 12.8 Å². The zero-order valence-electron chi connectivity index (χ0n) is 10.9. The first-order chi connectivity index (χ1) is 7.58. The molecule has 0 amide bonds. The minimum atomic E-state index is 0.413. The lowest BCUT2D eigenvalue weighted by Gasteiger charge is -2.35. The predicted molar refractivity (Wildman–Crippen MR) is 67.3 cm³/mol. The summed E-state index contributed by atoms with van der Waals surface area (Å²) in [5.74, 6) is 1.46. The quantitative estimate of drug-likeness (QED) is 0.678. The Morgan fingerprint density at radius 2 is 1.38 bits per heavy atom. The molecule has 0 atom stereocenters. The van der Waals surface area contributed by atoms with Crippen molar-refractivity contribution in [3.8, 4) is 0 Å². The topological polar surface area (TPSA) is 17.1 Å². The van der Waals surface area contributed by atoms with Gasteiger partial charge in [-0.2, -0.15) is 0 Å². The summed E-state index contributed by atoms with van der Waals surface area (Å²) in [6.07, 6.45) is 11.1. The van der Waals surface area contributed by atoms with Crippen molar-refractivity contribution in [1.82, 2.24) is 0 Å². The summed E-state index contributed by atoms with van der Waals surface area (Å²) in [4.78, 5) is 12.4. The SMILES string of the molecule is CC1(C)CCC(C(=O)C2CCCCC2)CC1. The Balaban J connectivity index is 1.86. The van der Waals surface area contributed by atoms with E-state index in [1.807, 2.05) is 0 Å². The second-order valence-electron chi connectivity index (χ2n) is 6.68. The van der Waals surface area contributed by atoms with Gasteiger partial charge in [-0.1, -0.05) is 33.1 Å². The van der Waals surface area contributed by atoms with E-state index in [0.29, 0.717) is 23.0 Å². The van der Waals surface area contributed by atoms with E-state index in [4.69, 9.17) is 0 Å². The first-order valence-corrected chi connectivity index (χ1v) is 7.12. The first kappa shape index (κ1) is 12.1. The summed E-state index contributed by atoms with van der Waals surface area (Å²) in [6.45, 7) is 4.68. The fourth-order valence-corrected chi connectivity index (χ4v) is 3.40. The molecule has 2 rings (SSSR count). The molecule has 0 heterocycles. The van der Waals surface area contributed by atoms with Crippen molar-refractivity contribution < 1.29 is 4.79 Å². The van der Waals surface area contributed by atoms with Crippen LogP contribution in [0.4, 0.5) is 0 Å². The van der Waals surface area contributed by atoms with Crippen LogP contribution in [0.2, 0.25) is 0 Å². The van der Waals surface area contributed by atoms with Gasteiger partial charge in [-0.25, -0.2) is 0 Å². The van der Waals surface area contributed by atoms with Gasteiger partial charge < -0.3 is 0 Å². The maximum atomic E-state index is 12.4. The molecule has 16 heavy (non-hydrogen) atoms. The molecule has 0 radical (unpaired) electrons. The average Bonchev–Trinajstić information content (AvgIpc) is 2.29. The van der Waals surface area contributed by atoms with Crippen molar-refractivity contribution in [2.24, 2.45) is 17.3 Å². The molecule has 1 nitrogen and oxygen atoms in total. The molecule has 1 heteroatoms. The zero-order valence-corrected chi connectivity index (χ0v) is 10.9. The van der Waals surface area contributed by atoms with E-state index < -0.39 is 0 Å². The number of rotatable bonds is 2. The van der Waals surface area contributed by atoms with Crippen LogP contribution in [-0.4, -0.2) is 5.78 Å². The zero-order chi connectivity index (χ0) is 11.6. The number of hydrogen-bond acceptors (Lipinski definition) is 1. The van der Waals surface area contributed by atoms with Crippen molar-refractivity contribution in [1.29, 1.82) is 0 Å². The van der Waals surface area contributed by atoms with Gasteiger partial charge in [-0.05, 0) is 43.9 Å². The van der Waals surface area contributed by atoms with Crippen LogP contribution in [0.1, 0.15) is 71.6 Å². The van der Waals surface area contributed by atoms with Gasteiger partial charge in [-0.3, -0.25) is 4.79 Å². The lowest BCUT2D eigenvalue weighted by molar-refractivity contribution is -0.129. The molecule has 0 N–H and O–H groups in total. The fraction of sp³-hybridized carbons (Fsp3) is 0.933. The molecular formula is C15H26O. The molecule has 0 aromatic heterocycles. The standard InChI is InChI=1S/C15H26O/c1-15(2)10-8-13(9-11-15)14(16)12-6-4-3-5-7-12/h12-13H,3-11H2,1-2H3. The normalized spacial score (nSPS) is 27.9. The van der Waals surface area contributed by atoms with Gasteiger partial charge in [-0.15, -0.1) is 0 Å². The van der Waals surface area contributed by atoms with Gasteiger partial charge in [0, 0.05) is 11.8 Å². The highest BCUT2D eigenvalue weighted by Gasteiger charge is 2.33. The predicted octanol–water partition coefficient (Wildman–Crippen LogP) is 4.35. The lowest BCUT2D eigenvalue weighted by atomic mass is 9.69. The van der Waals surface area contributed by atoms with Crippen LogP contribution >= 0.6 is 0 Å². The summed E-state index contributed by atoms with van der Waals surface area (Å²) in [5, 5.41) is 0. The Hall–Kier alpha value is -0.330. The molecule has 0 spiro atoms. The van der Waals surface area contributed by atoms with Crippen molar-refractivity contribution in [3.63, 3.8) is 0 Å². The molecule has 2 aliphatic carbocycles. The molecule has 0 aliphatic heterocycles. The minimum Gasteiger partial charge on any atom is -0.299 e. The fourth-order valence-electron chi connectivity index (χ4n) is 3.40. The second-order valence-corrected chi connectivity index (χ2v) is 6.68. The number of ketones is 1. The largest absolute Gasteiger partial charge is 0.299 e. The number of carbonyl (C=O) groups is 1. The van der Waals surface area contributed by atoms with E-state index >= 15 is 0 Å². The van der Waals surface area contributed by atoms with Crippen LogP contribution in [0.25, 0.3) is 0 Å². The van der Waals surface area contributed by atoms with Crippen LogP contribution in [0.5, 0.6) is 0 Å². The smallest absolute Gasteiger partial charge is 0.139 e. The van der Waals surface area contributed by atoms with E-state index in [9.17, 15) is 4.79 Å². The van der Waals surface area contributed by atoms with Gasteiger partial charge in [0.25, 0.3) is 0 Å². The number of hydrogen-bond donors (Lipinski definition) is 0. The Labute approximate surface area is 100.0 Å². The maximum Gasteiger partial charge on any atom is 0.139 e. The van der Waals surface area contributed by atoms with Crippen LogP contribution in [0, 0.1) is 17.3 Å². The van der Waals surface area contributed by atoms with Crippen molar-refractivity contribution in [2.45, 2.75) is 71.6 Å². The van der Waals surface area contributed by atoms with E-state index in [1.54, 1.807) is 0 Å². The Morgan fingerprint density at radius 1 is 0.875 bits per heavy atom. The van der Waals surface area contributed by atoms with Crippen LogP contribution in [0.15, 0.2) is 0 Å². The molecule has 2 fully saturated rings. The Morgan fingerprint density at radius 3 is 1.94 bits per heavy atom. The van der Waals surface area contributed by atoms with Gasteiger partial charge in [0.05, 0.1) is 0 Å². The van der Waals surface area contributed by atoms with Crippen LogP contribution < -0.4 is 0 Å². The summed E-state index contributed by atoms with van der Waals surface area (Å²) in [7, 11) is 0. The van der Waals surface area contributed by atoms with E-state index in [1.165, 1.54) is 44.9 Å². The van der Waals surface area contributed by atoms with Crippen molar-refractivity contribution in [2.75, 3.05) is 0 Å². The molecule has 92 valence electrons. The summed E-state index contributed by atoms with van der Waals surface area (Å²) >= 11 is 0. The summed E-state index contributed by atoms with van der Waals surface area (Å²) in [5.41, 5.74) is 0.489. The third-order valence-electron chi connectivity index (χ3n) is 4.75. The molecule has 2 saturated carbocycles. The van der Waals surface area contributed by atoms with Crippen LogP contribution in [0.3, 0.4) is 0 Å². The Bertz CT molecular complexity index is 238. The first-order valence-electron chi connectivity index (χ1n) is 7.12. The maximum absolute atomic E-state index is 12.4. The molecule has 0 saturated heterocycles. The average molecular weight is 222 g/mol. The molecule has 2 aliphatic rings. The second kappa shape index (κ2) is 4.89. The molecule has 0 aromatic carbocycles. The molecule has 0 bridgehead atoms. The Kier molecular flexibility index (Phi) is 3.71. The third kappa shape index (κ3) is 2.87. The molecule has 0 unspecified atom stereocenters. The summed E-state index contributed by atoms with van der Waals surface area (Å²) in [6, 6.07) is 0. The third-order valence-corrected chi connectivity index (χ3v) is 4.75. The van der Waals surface area contributed by atoms with Gasteiger partial charge in [0.2, 0.25) is 0 Å². The number of Topliss-reactive ketones (excluding diaryl/α,β-unsaturated/α-hetero) is 1. The van der Waals surface area contributed by atoms with E-state index in [2.05, 4.69) is 13.8 Å². The monoisotopic (exact) mass is 222 g/mol. The highest BCUT2D eigenvalue weighted by atomic mass is 16.1. The highest BCUT2D eigenvalue weighted by molar-refractivity contribution is 5.83.